The molecule has 0 aromatic carbocycles. The summed E-state index contributed by atoms with van der Waals surface area (Å²) in [5.74, 6) is 0. The minimum absolute atomic E-state index is 0.169. The van der Waals surface area contributed by atoms with Crippen LogP contribution >= 0.6 is 11.3 Å². The number of aryl methyl sites for hydroxylation is 2. The van der Waals surface area contributed by atoms with Crippen molar-refractivity contribution in [3.05, 3.63) is 29.2 Å². The van der Waals surface area contributed by atoms with E-state index in [9.17, 15) is 5.26 Å². The van der Waals surface area contributed by atoms with Gasteiger partial charge in [0, 0.05) is 24.5 Å². The molecule has 2 aromatic heterocycles. The first-order valence-electron chi connectivity index (χ1n) is 7.73. The van der Waals surface area contributed by atoms with Crippen molar-refractivity contribution in [3.63, 3.8) is 0 Å². The maximum Gasteiger partial charge on any atom is 0.187 e. The Kier molecular flexibility index (Phi) is 4.33. The Morgan fingerprint density at radius 2 is 1.78 bits per heavy atom. The van der Waals surface area contributed by atoms with Gasteiger partial charge in [-0.05, 0) is 45.4 Å². The molecule has 2 aromatic rings. The predicted octanol–water partition coefficient (Wildman–Crippen LogP) is 3.31. The van der Waals surface area contributed by atoms with Gasteiger partial charge in [0.05, 0.1) is 17.1 Å². The van der Waals surface area contributed by atoms with Crippen LogP contribution in [0.1, 0.15) is 30.9 Å². The molecule has 0 aliphatic carbocycles. The van der Waals surface area contributed by atoms with Crippen LogP contribution in [-0.4, -0.2) is 35.3 Å². The Morgan fingerprint density at radius 1 is 1.17 bits per heavy atom. The zero-order chi connectivity index (χ0) is 16.6. The van der Waals surface area contributed by atoms with E-state index in [1.165, 1.54) is 0 Å². The average Bonchev–Trinajstić information content (AvgIpc) is 2.89. The average molecular weight is 328 g/mol. The molecule has 1 aliphatic rings. The lowest BCUT2D eigenvalue weighted by molar-refractivity contribution is -0.00523. The van der Waals surface area contributed by atoms with Crippen molar-refractivity contribution in [1.82, 2.24) is 9.97 Å². The van der Waals surface area contributed by atoms with Crippen LogP contribution in [0.3, 0.4) is 0 Å². The van der Waals surface area contributed by atoms with Gasteiger partial charge in [0.25, 0.3) is 0 Å². The van der Waals surface area contributed by atoms with Gasteiger partial charge in [0.2, 0.25) is 0 Å². The molecule has 0 unspecified atom stereocenters. The fourth-order valence-electron chi connectivity index (χ4n) is 3.02. The van der Waals surface area contributed by atoms with Crippen LogP contribution in [0, 0.1) is 25.2 Å². The largest absolute Gasteiger partial charge is 0.372 e. The summed E-state index contributed by atoms with van der Waals surface area (Å²) in [7, 11) is 0. The van der Waals surface area contributed by atoms with E-state index >= 15 is 0 Å². The van der Waals surface area contributed by atoms with Crippen molar-refractivity contribution in [1.29, 1.82) is 5.26 Å². The first-order valence-corrected chi connectivity index (χ1v) is 8.55. The molecule has 5 nitrogen and oxygen atoms in total. The summed E-state index contributed by atoms with van der Waals surface area (Å²) in [6.45, 7) is 9.68. The number of nitriles is 1. The molecule has 6 heteroatoms. The summed E-state index contributed by atoms with van der Waals surface area (Å²) in [6.07, 6.45) is 0.337. The molecule has 3 heterocycles. The smallest absolute Gasteiger partial charge is 0.187 e. The minimum atomic E-state index is 0.169. The topological polar surface area (TPSA) is 62.0 Å². The van der Waals surface area contributed by atoms with Gasteiger partial charge in [-0.3, -0.25) is 4.98 Å². The second kappa shape index (κ2) is 6.26. The second-order valence-corrected chi connectivity index (χ2v) is 7.06. The molecule has 3 rings (SSSR count). The van der Waals surface area contributed by atoms with Crippen LogP contribution in [0.5, 0.6) is 0 Å². The molecule has 0 bridgehead atoms. The SMILES string of the molecule is Cc1cc(-c2sc(N3C[C@@H](C)O[C@@H](C)C3)nc2C#N)cc(C)n1. The first-order chi connectivity index (χ1) is 11.0. The van der Waals surface area contributed by atoms with Crippen molar-refractivity contribution < 1.29 is 4.74 Å². The van der Waals surface area contributed by atoms with Crippen molar-refractivity contribution in [3.8, 4) is 16.5 Å². The molecule has 120 valence electrons. The third kappa shape index (κ3) is 3.36. The monoisotopic (exact) mass is 328 g/mol. The van der Waals surface area contributed by atoms with Gasteiger partial charge in [-0.2, -0.15) is 5.26 Å². The Balaban J connectivity index is 1.99. The Hall–Kier alpha value is -1.97. The fraction of sp³-hybridized carbons (Fsp3) is 0.471. The van der Waals surface area contributed by atoms with Crippen molar-refractivity contribution in [2.24, 2.45) is 0 Å². The number of ether oxygens (including phenoxy) is 1. The lowest BCUT2D eigenvalue weighted by atomic mass is 10.1. The molecule has 1 fully saturated rings. The number of hydrogen-bond acceptors (Lipinski definition) is 6. The van der Waals surface area contributed by atoms with Crippen molar-refractivity contribution in [2.75, 3.05) is 18.0 Å². The van der Waals surface area contributed by atoms with E-state index in [2.05, 4.69) is 34.8 Å². The Bertz CT molecular complexity index is 734. The standard InChI is InChI=1S/C17H20N4OS/c1-10-5-14(6-11(2)19-10)16-15(7-18)20-17(23-16)21-8-12(3)22-13(4)9-21/h5-6,12-13H,8-9H2,1-4H3/t12-,13+. The summed E-state index contributed by atoms with van der Waals surface area (Å²) in [5, 5.41) is 10.4. The maximum atomic E-state index is 9.47. The highest BCUT2D eigenvalue weighted by Crippen LogP contribution is 2.36. The van der Waals surface area contributed by atoms with E-state index in [-0.39, 0.29) is 12.2 Å². The van der Waals surface area contributed by atoms with Crippen LogP contribution < -0.4 is 4.90 Å². The van der Waals surface area contributed by atoms with Gasteiger partial charge in [-0.1, -0.05) is 11.3 Å². The van der Waals surface area contributed by atoms with Gasteiger partial charge >= 0.3 is 0 Å². The first kappa shape index (κ1) is 15.9. The summed E-state index contributed by atoms with van der Waals surface area (Å²) in [5.41, 5.74) is 3.41. The zero-order valence-electron chi connectivity index (χ0n) is 13.8. The van der Waals surface area contributed by atoms with Gasteiger partial charge in [-0.25, -0.2) is 4.98 Å². The van der Waals surface area contributed by atoms with Gasteiger partial charge < -0.3 is 9.64 Å². The summed E-state index contributed by atoms with van der Waals surface area (Å²) in [6, 6.07) is 6.26. The van der Waals surface area contributed by atoms with Crippen LogP contribution in [-0.2, 0) is 4.74 Å². The quantitative estimate of drug-likeness (QED) is 0.846. The number of anilines is 1. The second-order valence-electron chi connectivity index (χ2n) is 6.09. The molecule has 2 atom stereocenters. The Labute approximate surface area is 140 Å². The highest BCUT2D eigenvalue weighted by Gasteiger charge is 2.26. The summed E-state index contributed by atoms with van der Waals surface area (Å²) < 4.78 is 5.78. The fourth-order valence-corrected chi connectivity index (χ4v) is 4.04. The molecule has 0 spiro atoms. The Morgan fingerprint density at radius 3 is 2.35 bits per heavy atom. The summed E-state index contributed by atoms with van der Waals surface area (Å²) in [4.78, 5) is 12.1. The van der Waals surface area contributed by atoms with Crippen molar-refractivity contribution in [2.45, 2.75) is 39.9 Å². The molecule has 1 aliphatic heterocycles. The minimum Gasteiger partial charge on any atom is -0.372 e. The molecule has 0 radical (unpaired) electrons. The summed E-state index contributed by atoms with van der Waals surface area (Å²) >= 11 is 1.57. The molecule has 1 saturated heterocycles. The number of thiazole rings is 1. The molecule has 0 saturated carbocycles. The van der Waals surface area contributed by atoms with E-state index < -0.39 is 0 Å². The third-order valence-electron chi connectivity index (χ3n) is 3.76. The lowest BCUT2D eigenvalue weighted by Crippen LogP contribution is -2.45. The predicted molar refractivity (Wildman–Crippen MR) is 91.8 cm³/mol. The van der Waals surface area contributed by atoms with Crippen LogP contribution in [0.25, 0.3) is 10.4 Å². The zero-order valence-corrected chi connectivity index (χ0v) is 14.6. The van der Waals surface area contributed by atoms with Gasteiger partial charge in [-0.15, -0.1) is 0 Å². The molecular weight excluding hydrogens is 308 g/mol. The molecular formula is C17H20N4OS. The number of rotatable bonds is 2. The number of pyridine rings is 1. The number of morpholine rings is 1. The maximum absolute atomic E-state index is 9.47. The normalized spacial score (nSPS) is 21.3. The number of nitrogens with zero attached hydrogens (tertiary/aromatic N) is 4. The van der Waals surface area contributed by atoms with E-state index in [4.69, 9.17) is 4.74 Å². The van der Waals surface area contributed by atoms with Crippen LogP contribution in [0.4, 0.5) is 5.13 Å². The molecule has 23 heavy (non-hydrogen) atoms. The van der Waals surface area contributed by atoms with E-state index in [1.54, 1.807) is 11.3 Å². The van der Waals surface area contributed by atoms with Crippen LogP contribution in [0.2, 0.25) is 0 Å². The molecule has 0 N–H and O–H groups in total. The number of hydrogen-bond donors (Lipinski definition) is 0. The van der Waals surface area contributed by atoms with E-state index in [1.807, 2.05) is 26.0 Å². The third-order valence-corrected chi connectivity index (χ3v) is 4.92. The molecule has 0 amide bonds. The lowest BCUT2D eigenvalue weighted by Gasteiger charge is -2.35. The highest BCUT2D eigenvalue weighted by atomic mass is 32.1. The van der Waals surface area contributed by atoms with E-state index in [0.717, 1.165) is 40.0 Å². The van der Waals surface area contributed by atoms with Crippen molar-refractivity contribution >= 4 is 16.5 Å². The van der Waals surface area contributed by atoms with E-state index in [0.29, 0.717) is 5.69 Å². The van der Waals surface area contributed by atoms with Crippen LogP contribution in [0.15, 0.2) is 12.1 Å². The number of aromatic nitrogens is 2. The van der Waals surface area contributed by atoms with Gasteiger partial charge in [0.1, 0.15) is 6.07 Å². The highest BCUT2D eigenvalue weighted by molar-refractivity contribution is 7.19. The van der Waals surface area contributed by atoms with Gasteiger partial charge in [0.15, 0.2) is 10.8 Å².